The fourth-order valence-electron chi connectivity index (χ4n) is 1.44. The molecule has 1 aliphatic heterocycles. The molecule has 2 aliphatic rings. The molecule has 0 saturated carbocycles. The summed E-state index contributed by atoms with van der Waals surface area (Å²) in [5.41, 5.74) is 5.70. The van der Waals surface area contributed by atoms with Crippen molar-refractivity contribution < 1.29 is 4.39 Å². The normalized spacial score (nSPS) is 31.9. The topological polar surface area (TPSA) is 38.4 Å². The zero-order valence-electron chi connectivity index (χ0n) is 7.67. The monoisotopic (exact) mass is 304 g/mol. The molecule has 0 spiro atoms. The molecule has 2 unspecified atom stereocenters. The Bertz CT molecular complexity index is 393. The first-order valence-corrected chi connectivity index (χ1v) is 5.42. The molecule has 1 heterocycles. The van der Waals surface area contributed by atoms with Crippen molar-refractivity contribution in [3.63, 3.8) is 0 Å². The zero-order valence-corrected chi connectivity index (χ0v) is 9.82. The van der Waals surface area contributed by atoms with E-state index < -0.39 is 11.7 Å². The van der Waals surface area contributed by atoms with E-state index in [-0.39, 0.29) is 0 Å². The quantitative estimate of drug-likeness (QED) is 0.586. The van der Waals surface area contributed by atoms with Gasteiger partial charge in [-0.05, 0) is 53.8 Å². The van der Waals surface area contributed by atoms with E-state index in [2.05, 4.69) is 27.6 Å². The SMILES string of the molecule is CC(N)C1(F)C=CC2=NC(I)=CC2=C1. The Morgan fingerprint density at radius 2 is 2.36 bits per heavy atom. The van der Waals surface area contributed by atoms with Crippen LogP contribution in [0, 0.1) is 0 Å². The average molecular weight is 304 g/mol. The number of aliphatic imine (C=N–C) groups is 1. The van der Waals surface area contributed by atoms with E-state index >= 15 is 0 Å². The molecule has 2 rings (SSSR count). The summed E-state index contributed by atoms with van der Waals surface area (Å²) >= 11 is 2.11. The van der Waals surface area contributed by atoms with Crippen LogP contribution in [-0.2, 0) is 0 Å². The minimum absolute atomic E-state index is 0.542. The molecule has 0 amide bonds. The molecular formula is C10H10FIN2. The largest absolute Gasteiger partial charge is 0.325 e. The van der Waals surface area contributed by atoms with Crippen molar-refractivity contribution in [3.05, 3.63) is 33.6 Å². The first-order chi connectivity index (χ1) is 6.51. The molecule has 0 bridgehead atoms. The van der Waals surface area contributed by atoms with Gasteiger partial charge in [0.15, 0.2) is 5.67 Å². The third-order valence-corrected chi connectivity index (χ3v) is 2.92. The van der Waals surface area contributed by atoms with Gasteiger partial charge >= 0.3 is 0 Å². The molecule has 0 aromatic carbocycles. The Labute approximate surface area is 95.6 Å². The van der Waals surface area contributed by atoms with Gasteiger partial charge in [-0.1, -0.05) is 0 Å². The first-order valence-electron chi connectivity index (χ1n) is 4.34. The summed E-state index contributed by atoms with van der Waals surface area (Å²) in [5, 5.41) is 0. The van der Waals surface area contributed by atoms with Crippen LogP contribution in [0.25, 0.3) is 0 Å². The molecule has 0 fully saturated rings. The van der Waals surface area contributed by atoms with Crippen molar-refractivity contribution in [2.45, 2.75) is 18.6 Å². The molecule has 2 nitrogen and oxygen atoms in total. The van der Waals surface area contributed by atoms with Gasteiger partial charge in [-0.3, -0.25) is 0 Å². The Hall–Kier alpha value is -0.490. The first kappa shape index (κ1) is 10.0. The second-order valence-corrected chi connectivity index (χ2v) is 4.62. The van der Waals surface area contributed by atoms with Gasteiger partial charge in [0.2, 0.25) is 0 Å². The molecule has 1 aliphatic carbocycles. The van der Waals surface area contributed by atoms with Gasteiger partial charge in [-0.15, -0.1) is 0 Å². The molecule has 0 aromatic rings. The van der Waals surface area contributed by atoms with Crippen molar-refractivity contribution in [3.8, 4) is 0 Å². The highest BCUT2D eigenvalue weighted by atomic mass is 127. The summed E-state index contributed by atoms with van der Waals surface area (Å²) in [7, 11) is 0. The van der Waals surface area contributed by atoms with E-state index in [1.165, 1.54) is 6.08 Å². The van der Waals surface area contributed by atoms with E-state index in [0.717, 1.165) is 15.0 Å². The van der Waals surface area contributed by atoms with E-state index in [0.29, 0.717) is 0 Å². The van der Waals surface area contributed by atoms with Crippen LogP contribution in [0.1, 0.15) is 6.92 Å². The number of hydrogen-bond acceptors (Lipinski definition) is 2. The molecule has 74 valence electrons. The summed E-state index contributed by atoms with van der Waals surface area (Å²) in [6.07, 6.45) is 6.57. The van der Waals surface area contributed by atoms with E-state index in [1.54, 1.807) is 19.1 Å². The Morgan fingerprint density at radius 1 is 1.64 bits per heavy atom. The lowest BCUT2D eigenvalue weighted by Crippen LogP contribution is -2.40. The third kappa shape index (κ3) is 1.56. The lowest BCUT2D eigenvalue weighted by Gasteiger charge is -2.25. The highest BCUT2D eigenvalue weighted by Crippen LogP contribution is 2.31. The standard InChI is InChI=1S/C10H10FIN2/c1-6(13)10(11)3-2-8-7(5-10)4-9(12)14-8/h2-6H,13H2,1H3. The smallest absolute Gasteiger partial charge is 0.163 e. The van der Waals surface area contributed by atoms with Crippen LogP contribution >= 0.6 is 22.6 Å². The highest BCUT2D eigenvalue weighted by molar-refractivity contribution is 14.1. The molecule has 4 heteroatoms. The maximum absolute atomic E-state index is 14.1. The molecular weight excluding hydrogens is 294 g/mol. The number of allylic oxidation sites excluding steroid dienone is 3. The van der Waals surface area contributed by atoms with Crippen molar-refractivity contribution >= 4 is 28.3 Å². The minimum atomic E-state index is -1.54. The number of nitrogens with two attached hydrogens (primary N) is 1. The second kappa shape index (κ2) is 3.27. The lowest BCUT2D eigenvalue weighted by atomic mass is 9.89. The van der Waals surface area contributed by atoms with Gasteiger partial charge in [0.05, 0.1) is 5.71 Å². The van der Waals surface area contributed by atoms with Crippen LogP contribution in [0.2, 0.25) is 0 Å². The number of hydrogen-bond donors (Lipinski definition) is 1. The molecule has 2 atom stereocenters. The minimum Gasteiger partial charge on any atom is -0.325 e. The van der Waals surface area contributed by atoms with E-state index in [4.69, 9.17) is 5.73 Å². The third-order valence-electron chi connectivity index (χ3n) is 2.37. The van der Waals surface area contributed by atoms with Gasteiger partial charge in [0.1, 0.15) is 3.70 Å². The molecule has 0 aromatic heterocycles. The van der Waals surface area contributed by atoms with Gasteiger partial charge in [0.25, 0.3) is 0 Å². The van der Waals surface area contributed by atoms with Crippen LogP contribution in [0.5, 0.6) is 0 Å². The van der Waals surface area contributed by atoms with Crippen molar-refractivity contribution in [2.75, 3.05) is 0 Å². The van der Waals surface area contributed by atoms with Crippen LogP contribution in [0.15, 0.2) is 38.6 Å². The summed E-state index contributed by atoms with van der Waals surface area (Å²) in [6, 6.07) is -0.542. The number of fused-ring (bicyclic) bond motifs is 1. The number of nitrogens with zero attached hydrogens (tertiary/aromatic N) is 1. The number of rotatable bonds is 1. The Balaban J connectivity index is 2.41. The van der Waals surface area contributed by atoms with E-state index in [1.807, 2.05) is 6.08 Å². The molecule has 0 saturated heterocycles. The maximum Gasteiger partial charge on any atom is 0.163 e. The molecule has 0 radical (unpaired) electrons. The summed E-state index contributed by atoms with van der Waals surface area (Å²) in [6.45, 7) is 1.66. The van der Waals surface area contributed by atoms with Gasteiger partial charge in [-0.2, -0.15) is 0 Å². The maximum atomic E-state index is 14.1. The fourth-order valence-corrected chi connectivity index (χ4v) is 2.03. The Morgan fingerprint density at radius 3 is 3.00 bits per heavy atom. The van der Waals surface area contributed by atoms with Crippen molar-refractivity contribution in [2.24, 2.45) is 10.7 Å². The summed E-state index contributed by atoms with van der Waals surface area (Å²) in [5.74, 6) is 0. The molecule has 2 N–H and O–H groups in total. The Kier molecular flexibility index (Phi) is 2.35. The second-order valence-electron chi connectivity index (χ2n) is 3.51. The highest BCUT2D eigenvalue weighted by Gasteiger charge is 2.33. The zero-order chi connectivity index (χ0) is 10.3. The van der Waals surface area contributed by atoms with Crippen LogP contribution < -0.4 is 5.73 Å². The predicted molar refractivity (Wildman–Crippen MR) is 64.2 cm³/mol. The van der Waals surface area contributed by atoms with Crippen LogP contribution in [0.4, 0.5) is 4.39 Å². The predicted octanol–water partition coefficient (Wildman–Crippen LogP) is 2.27. The van der Waals surface area contributed by atoms with Gasteiger partial charge in [-0.25, -0.2) is 9.38 Å². The number of halogens is 2. The molecule has 14 heavy (non-hydrogen) atoms. The number of alkyl halides is 1. The van der Waals surface area contributed by atoms with Gasteiger partial charge < -0.3 is 5.73 Å². The average Bonchev–Trinajstić information content (AvgIpc) is 2.43. The van der Waals surface area contributed by atoms with E-state index in [9.17, 15) is 4.39 Å². The van der Waals surface area contributed by atoms with Crippen LogP contribution in [-0.4, -0.2) is 17.4 Å². The van der Waals surface area contributed by atoms with Crippen molar-refractivity contribution in [1.82, 2.24) is 0 Å². The summed E-state index contributed by atoms with van der Waals surface area (Å²) in [4.78, 5) is 4.24. The van der Waals surface area contributed by atoms with Crippen LogP contribution in [0.3, 0.4) is 0 Å². The lowest BCUT2D eigenvalue weighted by molar-refractivity contribution is 0.256. The van der Waals surface area contributed by atoms with Crippen molar-refractivity contribution in [1.29, 1.82) is 0 Å². The fraction of sp³-hybridized carbons (Fsp3) is 0.300. The van der Waals surface area contributed by atoms with Gasteiger partial charge in [0, 0.05) is 11.6 Å². The summed E-state index contributed by atoms with van der Waals surface area (Å²) < 4.78 is 15.0.